The topological polar surface area (TPSA) is 93.9 Å². The average molecular weight is 355 g/mol. The minimum absolute atomic E-state index is 0.0363. The van der Waals surface area contributed by atoms with Crippen LogP contribution < -0.4 is 20.5 Å². The van der Waals surface area contributed by atoms with E-state index in [1.54, 1.807) is 24.3 Å². The van der Waals surface area contributed by atoms with E-state index in [1.165, 1.54) is 0 Å². The fourth-order valence-electron chi connectivity index (χ4n) is 2.65. The number of urea groups is 1. The highest BCUT2D eigenvalue weighted by Gasteiger charge is 2.29. The van der Waals surface area contributed by atoms with Crippen LogP contribution in [-0.2, 0) is 4.79 Å². The predicted octanol–water partition coefficient (Wildman–Crippen LogP) is 1.89. The number of ether oxygens (including phenoxy) is 2. The molecule has 0 spiro atoms. The summed E-state index contributed by atoms with van der Waals surface area (Å²) >= 11 is 0. The second kappa shape index (κ2) is 8.35. The van der Waals surface area contributed by atoms with Crippen LogP contribution >= 0.6 is 0 Å². The lowest BCUT2D eigenvalue weighted by Gasteiger charge is -2.38. The van der Waals surface area contributed by atoms with Gasteiger partial charge >= 0.3 is 6.03 Å². The summed E-state index contributed by atoms with van der Waals surface area (Å²) in [6.45, 7) is 1.81. The molecule has 136 valence electrons. The molecule has 2 amide bonds. The number of nitrogens with one attached hydrogen (secondary N) is 1. The van der Waals surface area contributed by atoms with Gasteiger partial charge in [0, 0.05) is 18.8 Å². The molecule has 26 heavy (non-hydrogen) atoms. The van der Waals surface area contributed by atoms with Gasteiger partial charge in [0.15, 0.2) is 5.78 Å². The zero-order valence-electron chi connectivity index (χ0n) is 14.3. The molecule has 3 N–H and O–H groups in total. The normalized spacial score (nSPS) is 14.3. The van der Waals surface area contributed by atoms with Crippen molar-refractivity contribution in [3.05, 3.63) is 54.6 Å². The standard InChI is InChI=1S/C19H21N3O4/c20-19(24)21-14-6-8-17(9-7-14)26-18-11-22(12-18)10-15(23)13-25-16-4-2-1-3-5-16/h1-9,18H,10-13H2,(H3,20,21,24). The molecule has 1 heterocycles. The van der Waals surface area contributed by atoms with Crippen LogP contribution in [0.25, 0.3) is 0 Å². The summed E-state index contributed by atoms with van der Waals surface area (Å²) in [7, 11) is 0. The van der Waals surface area contributed by atoms with Crippen molar-refractivity contribution in [3.8, 4) is 11.5 Å². The van der Waals surface area contributed by atoms with E-state index in [1.807, 2.05) is 35.2 Å². The van der Waals surface area contributed by atoms with Gasteiger partial charge < -0.3 is 20.5 Å². The second-order valence-corrected chi connectivity index (χ2v) is 6.09. The highest BCUT2D eigenvalue weighted by molar-refractivity contribution is 5.87. The Kier molecular flexibility index (Phi) is 5.70. The summed E-state index contributed by atoms with van der Waals surface area (Å²) in [5.74, 6) is 1.44. The molecule has 0 saturated carbocycles. The van der Waals surface area contributed by atoms with Gasteiger partial charge in [-0.25, -0.2) is 4.79 Å². The van der Waals surface area contributed by atoms with E-state index in [0.717, 1.165) is 0 Å². The zero-order valence-corrected chi connectivity index (χ0v) is 14.3. The Morgan fingerprint density at radius 3 is 2.38 bits per heavy atom. The van der Waals surface area contributed by atoms with Crippen LogP contribution in [0.3, 0.4) is 0 Å². The molecule has 3 rings (SSSR count). The molecule has 0 atom stereocenters. The van der Waals surface area contributed by atoms with E-state index in [2.05, 4.69) is 5.32 Å². The van der Waals surface area contributed by atoms with Crippen molar-refractivity contribution in [2.24, 2.45) is 5.73 Å². The first-order valence-corrected chi connectivity index (χ1v) is 8.33. The minimum Gasteiger partial charge on any atom is -0.488 e. The summed E-state index contributed by atoms with van der Waals surface area (Å²) in [4.78, 5) is 24.8. The summed E-state index contributed by atoms with van der Waals surface area (Å²) in [5, 5.41) is 2.49. The third-order valence-electron chi connectivity index (χ3n) is 3.89. The second-order valence-electron chi connectivity index (χ2n) is 6.09. The Balaban J connectivity index is 1.35. The molecule has 0 bridgehead atoms. The molecular formula is C19H21N3O4. The van der Waals surface area contributed by atoms with Crippen molar-refractivity contribution in [3.63, 3.8) is 0 Å². The minimum atomic E-state index is -0.603. The predicted molar refractivity (Wildman–Crippen MR) is 97.4 cm³/mol. The third kappa shape index (κ3) is 5.22. The first kappa shape index (κ1) is 17.8. The van der Waals surface area contributed by atoms with Gasteiger partial charge in [-0.05, 0) is 36.4 Å². The molecule has 1 aliphatic rings. The number of hydrogen-bond donors (Lipinski definition) is 2. The van der Waals surface area contributed by atoms with Gasteiger partial charge in [-0.1, -0.05) is 18.2 Å². The van der Waals surface area contributed by atoms with Gasteiger partial charge in [-0.2, -0.15) is 0 Å². The van der Waals surface area contributed by atoms with Crippen molar-refractivity contribution < 1.29 is 19.1 Å². The lowest BCUT2D eigenvalue weighted by atomic mass is 10.1. The number of likely N-dealkylation sites (tertiary alicyclic amines) is 1. The van der Waals surface area contributed by atoms with Crippen LogP contribution in [0, 0.1) is 0 Å². The number of nitrogens with zero attached hydrogens (tertiary/aromatic N) is 1. The van der Waals surface area contributed by atoms with E-state index in [4.69, 9.17) is 15.2 Å². The maximum absolute atomic E-state index is 12.0. The number of hydrogen-bond acceptors (Lipinski definition) is 5. The lowest BCUT2D eigenvalue weighted by Crippen LogP contribution is -2.55. The van der Waals surface area contributed by atoms with Crippen LogP contribution in [0.5, 0.6) is 11.5 Å². The van der Waals surface area contributed by atoms with Crippen LogP contribution in [0.2, 0.25) is 0 Å². The number of amides is 2. The van der Waals surface area contributed by atoms with Crippen molar-refractivity contribution in [2.75, 3.05) is 31.6 Å². The Hall–Kier alpha value is -3.06. The summed E-state index contributed by atoms with van der Waals surface area (Å²) in [6.07, 6.45) is 0.0489. The summed E-state index contributed by atoms with van der Waals surface area (Å²) in [5.41, 5.74) is 5.68. The summed E-state index contributed by atoms with van der Waals surface area (Å²) < 4.78 is 11.3. The molecule has 7 nitrogen and oxygen atoms in total. The monoisotopic (exact) mass is 355 g/mol. The number of benzene rings is 2. The molecule has 1 saturated heterocycles. The fraction of sp³-hybridized carbons (Fsp3) is 0.263. The first-order chi connectivity index (χ1) is 12.6. The van der Waals surface area contributed by atoms with Crippen molar-refractivity contribution in [2.45, 2.75) is 6.10 Å². The van der Waals surface area contributed by atoms with Crippen molar-refractivity contribution in [1.29, 1.82) is 0 Å². The molecule has 1 fully saturated rings. The molecule has 0 radical (unpaired) electrons. The van der Waals surface area contributed by atoms with Gasteiger partial charge in [0.05, 0.1) is 6.54 Å². The highest BCUT2D eigenvalue weighted by atomic mass is 16.5. The first-order valence-electron chi connectivity index (χ1n) is 8.33. The van der Waals surface area contributed by atoms with Crippen LogP contribution in [0.15, 0.2) is 54.6 Å². The van der Waals surface area contributed by atoms with E-state index >= 15 is 0 Å². The number of anilines is 1. The molecule has 0 aromatic heterocycles. The lowest BCUT2D eigenvalue weighted by molar-refractivity contribution is -0.124. The maximum atomic E-state index is 12.0. The molecule has 1 aliphatic heterocycles. The van der Waals surface area contributed by atoms with Gasteiger partial charge in [0.2, 0.25) is 0 Å². The van der Waals surface area contributed by atoms with E-state index < -0.39 is 6.03 Å². The Labute approximate surface area is 151 Å². The van der Waals surface area contributed by atoms with Gasteiger partial charge in [0.25, 0.3) is 0 Å². The fourth-order valence-corrected chi connectivity index (χ4v) is 2.65. The van der Waals surface area contributed by atoms with Crippen molar-refractivity contribution in [1.82, 2.24) is 4.90 Å². The van der Waals surface area contributed by atoms with E-state index in [0.29, 0.717) is 36.8 Å². The largest absolute Gasteiger partial charge is 0.488 e. The molecule has 2 aromatic rings. The van der Waals surface area contributed by atoms with Gasteiger partial charge in [-0.3, -0.25) is 9.69 Å². The molecule has 0 unspecified atom stereocenters. The Morgan fingerprint density at radius 1 is 1.04 bits per heavy atom. The van der Waals surface area contributed by atoms with E-state index in [9.17, 15) is 9.59 Å². The number of ketones is 1. The Bertz CT molecular complexity index is 743. The average Bonchev–Trinajstić information content (AvgIpc) is 2.60. The number of rotatable bonds is 8. The summed E-state index contributed by atoms with van der Waals surface area (Å²) in [6, 6.07) is 15.7. The number of carbonyl (C=O) groups excluding carboxylic acids is 2. The number of carbonyl (C=O) groups is 2. The maximum Gasteiger partial charge on any atom is 0.316 e. The molecular weight excluding hydrogens is 334 g/mol. The smallest absolute Gasteiger partial charge is 0.316 e. The molecule has 2 aromatic carbocycles. The van der Waals surface area contributed by atoms with Gasteiger partial charge in [0.1, 0.15) is 24.2 Å². The van der Waals surface area contributed by atoms with Crippen LogP contribution in [0.4, 0.5) is 10.5 Å². The third-order valence-corrected chi connectivity index (χ3v) is 3.89. The van der Waals surface area contributed by atoms with Gasteiger partial charge in [-0.15, -0.1) is 0 Å². The Morgan fingerprint density at radius 2 is 1.73 bits per heavy atom. The quantitative estimate of drug-likeness (QED) is 0.754. The van der Waals surface area contributed by atoms with Crippen LogP contribution in [0.1, 0.15) is 0 Å². The number of primary amides is 1. The SMILES string of the molecule is NC(=O)Nc1ccc(OC2CN(CC(=O)COc3ccccc3)C2)cc1. The number of nitrogens with two attached hydrogens (primary N) is 1. The van der Waals surface area contributed by atoms with E-state index in [-0.39, 0.29) is 18.5 Å². The highest BCUT2D eigenvalue weighted by Crippen LogP contribution is 2.20. The molecule has 7 heteroatoms. The van der Waals surface area contributed by atoms with Crippen molar-refractivity contribution >= 4 is 17.5 Å². The van der Waals surface area contributed by atoms with Crippen LogP contribution in [-0.4, -0.2) is 49.1 Å². The number of para-hydroxylation sites is 1. The number of Topliss-reactive ketones (excluding diaryl/α,β-unsaturated/α-hetero) is 1. The molecule has 0 aliphatic carbocycles. The zero-order chi connectivity index (χ0) is 18.4.